The van der Waals surface area contributed by atoms with E-state index in [-0.39, 0.29) is 0 Å². The summed E-state index contributed by atoms with van der Waals surface area (Å²) in [4.78, 5) is 15.3. The minimum Gasteiger partial charge on any atom is -0.434 e. The largest absolute Gasteiger partial charge is 0.434 e. The molecule has 1 aromatic carbocycles. The number of anilines is 2. The molecule has 0 aliphatic carbocycles. The quantitative estimate of drug-likeness (QED) is 0.589. The van der Waals surface area contributed by atoms with Gasteiger partial charge in [-0.3, -0.25) is 0 Å². The molecule has 5 rings (SSSR count). The van der Waals surface area contributed by atoms with E-state index in [4.69, 9.17) is 14.9 Å². The standard InChI is InChI=1S/C21H19N5O2/c22-19-17(21-25-20-18(28-21)2-1-7-23-20)12-15(13-24-19)14-3-5-16(6-4-14)26-8-10-27-11-9-26/h1-7,12-13H,8-11H2,(H2,22,24). The highest BCUT2D eigenvalue weighted by molar-refractivity contribution is 5.79. The summed E-state index contributed by atoms with van der Waals surface area (Å²) in [7, 11) is 0. The van der Waals surface area contributed by atoms with E-state index >= 15 is 0 Å². The fourth-order valence-corrected chi connectivity index (χ4v) is 3.37. The first-order valence-electron chi connectivity index (χ1n) is 9.18. The second-order valence-corrected chi connectivity index (χ2v) is 6.65. The van der Waals surface area contributed by atoms with Crippen molar-refractivity contribution in [2.45, 2.75) is 0 Å². The van der Waals surface area contributed by atoms with E-state index < -0.39 is 0 Å². The van der Waals surface area contributed by atoms with E-state index in [2.05, 4.69) is 44.1 Å². The van der Waals surface area contributed by atoms with E-state index in [1.54, 1.807) is 12.4 Å². The number of benzene rings is 1. The van der Waals surface area contributed by atoms with Gasteiger partial charge in [-0.05, 0) is 35.9 Å². The van der Waals surface area contributed by atoms with Gasteiger partial charge in [0.05, 0.1) is 18.8 Å². The molecule has 1 saturated heterocycles. The number of nitrogen functional groups attached to an aromatic ring is 1. The van der Waals surface area contributed by atoms with Crippen LogP contribution in [0.1, 0.15) is 0 Å². The van der Waals surface area contributed by atoms with E-state index in [1.165, 1.54) is 5.69 Å². The van der Waals surface area contributed by atoms with Gasteiger partial charge in [0, 0.05) is 36.7 Å². The maximum absolute atomic E-state index is 6.09. The molecule has 28 heavy (non-hydrogen) atoms. The van der Waals surface area contributed by atoms with Crippen molar-refractivity contribution in [1.29, 1.82) is 0 Å². The van der Waals surface area contributed by atoms with Gasteiger partial charge in [0.2, 0.25) is 5.89 Å². The average Bonchev–Trinajstić information content (AvgIpc) is 3.19. The topological polar surface area (TPSA) is 90.3 Å². The molecule has 7 heteroatoms. The Balaban J connectivity index is 1.48. The van der Waals surface area contributed by atoms with Crippen molar-refractivity contribution in [1.82, 2.24) is 15.0 Å². The van der Waals surface area contributed by atoms with Gasteiger partial charge in [0.25, 0.3) is 0 Å². The number of fused-ring (bicyclic) bond motifs is 1. The number of nitrogens with zero attached hydrogens (tertiary/aromatic N) is 4. The van der Waals surface area contributed by atoms with Crippen LogP contribution in [0.4, 0.5) is 11.5 Å². The second kappa shape index (κ2) is 6.94. The monoisotopic (exact) mass is 373 g/mol. The molecule has 4 aromatic rings. The molecule has 2 N–H and O–H groups in total. The van der Waals surface area contributed by atoms with Crippen LogP contribution in [0.25, 0.3) is 33.8 Å². The number of pyridine rings is 2. The van der Waals surface area contributed by atoms with Crippen LogP contribution >= 0.6 is 0 Å². The van der Waals surface area contributed by atoms with Crippen molar-refractivity contribution < 1.29 is 9.15 Å². The Labute approximate surface area is 161 Å². The number of rotatable bonds is 3. The molecule has 1 fully saturated rings. The molecule has 140 valence electrons. The van der Waals surface area contributed by atoms with Gasteiger partial charge in [-0.2, -0.15) is 4.98 Å². The zero-order chi connectivity index (χ0) is 18.9. The lowest BCUT2D eigenvalue weighted by Gasteiger charge is -2.28. The molecule has 4 heterocycles. The highest BCUT2D eigenvalue weighted by atomic mass is 16.5. The predicted molar refractivity (Wildman–Crippen MR) is 108 cm³/mol. The first-order chi connectivity index (χ1) is 13.8. The van der Waals surface area contributed by atoms with E-state index in [0.29, 0.717) is 28.5 Å². The first-order valence-corrected chi connectivity index (χ1v) is 9.18. The minimum atomic E-state index is 0.375. The van der Waals surface area contributed by atoms with Gasteiger partial charge < -0.3 is 19.8 Å². The Morgan fingerprint density at radius 1 is 0.964 bits per heavy atom. The highest BCUT2D eigenvalue weighted by Crippen LogP contribution is 2.31. The van der Waals surface area contributed by atoms with Crippen LogP contribution < -0.4 is 10.6 Å². The zero-order valence-electron chi connectivity index (χ0n) is 15.2. The summed E-state index contributed by atoms with van der Waals surface area (Å²) in [6, 6.07) is 14.0. The van der Waals surface area contributed by atoms with E-state index in [1.807, 2.05) is 18.2 Å². The number of hydrogen-bond acceptors (Lipinski definition) is 7. The van der Waals surface area contributed by atoms with Crippen molar-refractivity contribution in [2.24, 2.45) is 0 Å². The fourth-order valence-electron chi connectivity index (χ4n) is 3.37. The first kappa shape index (κ1) is 16.7. The smallest absolute Gasteiger partial charge is 0.232 e. The predicted octanol–water partition coefficient (Wildman–Crippen LogP) is 3.37. The maximum Gasteiger partial charge on any atom is 0.232 e. The lowest BCUT2D eigenvalue weighted by Crippen LogP contribution is -2.36. The van der Waals surface area contributed by atoms with Crippen molar-refractivity contribution in [3.05, 3.63) is 54.9 Å². The van der Waals surface area contributed by atoms with Gasteiger partial charge in [-0.1, -0.05) is 12.1 Å². The molecule has 0 atom stereocenters. The number of aromatic nitrogens is 3. The molecule has 0 saturated carbocycles. The third-order valence-corrected chi connectivity index (χ3v) is 4.89. The summed E-state index contributed by atoms with van der Waals surface area (Å²) in [5.41, 5.74) is 11.1. The van der Waals surface area contributed by atoms with Gasteiger partial charge in [0.15, 0.2) is 11.2 Å². The Bertz CT molecular complexity index is 1080. The van der Waals surface area contributed by atoms with Crippen LogP contribution in [0.5, 0.6) is 0 Å². The molecule has 1 aliphatic heterocycles. The van der Waals surface area contributed by atoms with Crippen LogP contribution in [-0.2, 0) is 4.74 Å². The maximum atomic E-state index is 6.09. The third-order valence-electron chi connectivity index (χ3n) is 4.89. The highest BCUT2D eigenvalue weighted by Gasteiger charge is 2.15. The zero-order valence-corrected chi connectivity index (χ0v) is 15.2. The summed E-state index contributed by atoms with van der Waals surface area (Å²) in [5.74, 6) is 0.797. The van der Waals surface area contributed by atoms with Crippen LogP contribution in [-0.4, -0.2) is 41.3 Å². The molecule has 1 aliphatic rings. The summed E-state index contributed by atoms with van der Waals surface area (Å²) in [5, 5.41) is 0. The number of ether oxygens (including phenoxy) is 1. The Hall–Kier alpha value is -3.45. The summed E-state index contributed by atoms with van der Waals surface area (Å²) in [6.07, 6.45) is 3.45. The summed E-state index contributed by atoms with van der Waals surface area (Å²) >= 11 is 0. The van der Waals surface area contributed by atoms with Crippen LogP contribution in [0.2, 0.25) is 0 Å². The number of nitrogens with two attached hydrogens (primary N) is 1. The van der Waals surface area contributed by atoms with Gasteiger partial charge in [-0.15, -0.1) is 0 Å². The fraction of sp³-hybridized carbons (Fsp3) is 0.190. The third kappa shape index (κ3) is 3.05. The van der Waals surface area contributed by atoms with E-state index in [9.17, 15) is 0 Å². The minimum absolute atomic E-state index is 0.375. The van der Waals surface area contributed by atoms with Crippen molar-refractivity contribution in [3.8, 4) is 22.6 Å². The molecule has 0 amide bonds. The van der Waals surface area contributed by atoms with Crippen molar-refractivity contribution >= 4 is 22.7 Å². The van der Waals surface area contributed by atoms with Gasteiger partial charge in [-0.25, -0.2) is 9.97 Å². The number of hydrogen-bond donors (Lipinski definition) is 1. The van der Waals surface area contributed by atoms with Crippen LogP contribution in [0.3, 0.4) is 0 Å². The molecule has 0 radical (unpaired) electrons. The Kier molecular flexibility index (Phi) is 4.14. The number of oxazole rings is 1. The van der Waals surface area contributed by atoms with Gasteiger partial charge >= 0.3 is 0 Å². The van der Waals surface area contributed by atoms with Gasteiger partial charge in [0.1, 0.15) is 5.82 Å². The van der Waals surface area contributed by atoms with Crippen molar-refractivity contribution in [2.75, 3.05) is 36.9 Å². The Morgan fingerprint density at radius 3 is 2.57 bits per heavy atom. The SMILES string of the molecule is Nc1ncc(-c2ccc(N3CCOCC3)cc2)cc1-c1nc2ncccc2o1. The number of morpholine rings is 1. The molecular weight excluding hydrogens is 354 g/mol. The van der Waals surface area contributed by atoms with Crippen LogP contribution in [0.15, 0.2) is 59.3 Å². The summed E-state index contributed by atoms with van der Waals surface area (Å²) in [6.45, 7) is 3.37. The average molecular weight is 373 g/mol. The lowest BCUT2D eigenvalue weighted by molar-refractivity contribution is 0.122. The van der Waals surface area contributed by atoms with Crippen molar-refractivity contribution in [3.63, 3.8) is 0 Å². The Morgan fingerprint density at radius 2 is 1.79 bits per heavy atom. The van der Waals surface area contributed by atoms with E-state index in [0.717, 1.165) is 37.4 Å². The second-order valence-electron chi connectivity index (χ2n) is 6.65. The molecule has 7 nitrogen and oxygen atoms in total. The molecule has 0 spiro atoms. The molecule has 0 bridgehead atoms. The summed E-state index contributed by atoms with van der Waals surface area (Å²) < 4.78 is 11.2. The molecule has 3 aromatic heterocycles. The lowest BCUT2D eigenvalue weighted by atomic mass is 10.0. The molecular formula is C21H19N5O2. The normalized spacial score (nSPS) is 14.5. The molecule has 0 unspecified atom stereocenters. The van der Waals surface area contributed by atoms with Crippen LogP contribution in [0, 0.1) is 0 Å².